The highest BCUT2D eigenvalue weighted by atomic mass is 79.9. The van der Waals surface area contributed by atoms with Crippen molar-refractivity contribution in [2.24, 2.45) is 0 Å². The SMILES string of the molecule is Cc1cc(C)nc(-n2nc(C)c3c2NC(=O)CSC3c2ccccc2Br)n1. The summed E-state index contributed by atoms with van der Waals surface area (Å²) >= 11 is 5.24. The lowest BCUT2D eigenvalue weighted by Gasteiger charge is -2.16. The van der Waals surface area contributed by atoms with Crippen LogP contribution in [-0.4, -0.2) is 31.4 Å². The van der Waals surface area contributed by atoms with Crippen LogP contribution in [0.3, 0.4) is 0 Å². The third-order valence-corrected chi connectivity index (χ3v) is 6.33. The number of nitrogens with one attached hydrogen (secondary N) is 1. The molecule has 138 valence electrons. The Morgan fingerprint density at radius 3 is 2.59 bits per heavy atom. The first-order valence-corrected chi connectivity index (χ1v) is 10.4. The van der Waals surface area contributed by atoms with Crippen molar-refractivity contribution in [1.29, 1.82) is 0 Å². The van der Waals surface area contributed by atoms with Gasteiger partial charge < -0.3 is 5.32 Å². The summed E-state index contributed by atoms with van der Waals surface area (Å²) in [6, 6.07) is 10.00. The molecule has 1 amide bonds. The van der Waals surface area contributed by atoms with Crippen molar-refractivity contribution < 1.29 is 4.79 Å². The summed E-state index contributed by atoms with van der Waals surface area (Å²) in [6.45, 7) is 5.80. The minimum absolute atomic E-state index is 0.0193. The topological polar surface area (TPSA) is 72.7 Å². The van der Waals surface area contributed by atoms with Gasteiger partial charge in [-0.15, -0.1) is 11.8 Å². The molecule has 1 aliphatic rings. The Bertz CT molecular complexity index is 1030. The van der Waals surface area contributed by atoms with Gasteiger partial charge in [0.2, 0.25) is 5.91 Å². The molecule has 0 saturated carbocycles. The average Bonchev–Trinajstić information content (AvgIpc) is 2.81. The second kappa shape index (κ2) is 7.09. The number of aryl methyl sites for hydroxylation is 3. The number of amides is 1. The van der Waals surface area contributed by atoms with E-state index in [4.69, 9.17) is 0 Å². The zero-order valence-corrected chi connectivity index (χ0v) is 17.6. The third-order valence-electron chi connectivity index (χ3n) is 4.36. The zero-order valence-electron chi connectivity index (χ0n) is 15.2. The van der Waals surface area contributed by atoms with Gasteiger partial charge in [0.25, 0.3) is 5.95 Å². The lowest BCUT2D eigenvalue weighted by atomic mass is 10.0. The van der Waals surface area contributed by atoms with Crippen molar-refractivity contribution in [2.75, 3.05) is 11.1 Å². The van der Waals surface area contributed by atoms with Crippen molar-refractivity contribution >= 4 is 39.4 Å². The molecule has 0 radical (unpaired) electrons. The molecule has 1 aromatic carbocycles. The maximum Gasteiger partial charge on any atom is 0.252 e. The molecule has 8 heteroatoms. The molecule has 0 aliphatic carbocycles. The van der Waals surface area contributed by atoms with Crippen molar-refractivity contribution in [2.45, 2.75) is 26.0 Å². The lowest BCUT2D eigenvalue weighted by molar-refractivity contribution is -0.113. The number of hydrogen-bond donors (Lipinski definition) is 1. The fourth-order valence-electron chi connectivity index (χ4n) is 3.26. The minimum Gasteiger partial charge on any atom is -0.309 e. The van der Waals surface area contributed by atoms with E-state index in [0.717, 1.165) is 32.7 Å². The van der Waals surface area contributed by atoms with Gasteiger partial charge in [-0.1, -0.05) is 34.1 Å². The molecule has 0 spiro atoms. The summed E-state index contributed by atoms with van der Waals surface area (Å²) in [5, 5.41) is 7.67. The number of thioether (sulfide) groups is 1. The van der Waals surface area contributed by atoms with Crippen molar-refractivity contribution in [3.05, 3.63) is 63.0 Å². The number of halogens is 1. The Morgan fingerprint density at radius 1 is 1.19 bits per heavy atom. The largest absolute Gasteiger partial charge is 0.309 e. The molecule has 1 unspecified atom stereocenters. The molecular weight excluding hydrogens is 426 g/mol. The number of rotatable bonds is 2. The third kappa shape index (κ3) is 3.39. The summed E-state index contributed by atoms with van der Waals surface area (Å²) in [5.74, 6) is 1.43. The summed E-state index contributed by atoms with van der Waals surface area (Å²) in [6.07, 6.45) is 0. The highest BCUT2D eigenvalue weighted by Gasteiger charge is 2.32. The molecule has 4 rings (SSSR count). The Morgan fingerprint density at radius 2 is 1.89 bits per heavy atom. The first kappa shape index (κ1) is 18.2. The lowest BCUT2D eigenvalue weighted by Crippen LogP contribution is -2.17. The first-order valence-electron chi connectivity index (χ1n) is 8.52. The van der Waals surface area contributed by atoms with Gasteiger partial charge in [-0.2, -0.15) is 9.78 Å². The van der Waals surface area contributed by atoms with Gasteiger partial charge >= 0.3 is 0 Å². The molecule has 3 heterocycles. The second-order valence-electron chi connectivity index (χ2n) is 6.47. The van der Waals surface area contributed by atoms with Gasteiger partial charge in [-0.25, -0.2) is 9.97 Å². The molecule has 2 aromatic heterocycles. The van der Waals surface area contributed by atoms with E-state index in [2.05, 4.69) is 42.4 Å². The maximum absolute atomic E-state index is 12.4. The fourth-order valence-corrected chi connectivity index (χ4v) is 5.15. The van der Waals surface area contributed by atoms with Crippen LogP contribution in [0.2, 0.25) is 0 Å². The normalized spacial score (nSPS) is 16.6. The maximum atomic E-state index is 12.4. The summed E-state index contributed by atoms with van der Waals surface area (Å²) in [4.78, 5) is 21.4. The molecule has 0 bridgehead atoms. The quantitative estimate of drug-likeness (QED) is 0.644. The molecule has 0 saturated heterocycles. The minimum atomic E-state index is -0.0543. The average molecular weight is 444 g/mol. The molecule has 1 N–H and O–H groups in total. The van der Waals surface area contributed by atoms with E-state index in [1.54, 1.807) is 16.4 Å². The van der Waals surface area contributed by atoms with Gasteiger partial charge in [0.05, 0.1) is 16.7 Å². The van der Waals surface area contributed by atoms with Crippen LogP contribution in [0.1, 0.15) is 33.5 Å². The molecule has 27 heavy (non-hydrogen) atoms. The van der Waals surface area contributed by atoms with Crippen LogP contribution >= 0.6 is 27.7 Å². The Balaban J connectivity index is 1.93. The van der Waals surface area contributed by atoms with E-state index >= 15 is 0 Å². The van der Waals surface area contributed by atoms with E-state index in [1.165, 1.54) is 0 Å². The molecule has 3 aromatic rings. The summed E-state index contributed by atoms with van der Waals surface area (Å²) < 4.78 is 2.66. The molecular formula is C19H18BrN5OS. The van der Waals surface area contributed by atoms with E-state index in [9.17, 15) is 4.79 Å². The van der Waals surface area contributed by atoms with Gasteiger partial charge in [-0.3, -0.25) is 4.79 Å². The van der Waals surface area contributed by atoms with E-state index in [0.29, 0.717) is 17.5 Å². The number of benzene rings is 1. The smallest absolute Gasteiger partial charge is 0.252 e. The van der Waals surface area contributed by atoms with Gasteiger partial charge in [0.1, 0.15) is 5.82 Å². The zero-order chi connectivity index (χ0) is 19.1. The van der Waals surface area contributed by atoms with Crippen LogP contribution in [0.5, 0.6) is 0 Å². The van der Waals surface area contributed by atoms with E-state index in [-0.39, 0.29) is 11.2 Å². The van der Waals surface area contributed by atoms with Crippen LogP contribution in [0.15, 0.2) is 34.8 Å². The van der Waals surface area contributed by atoms with Crippen molar-refractivity contribution in [3.63, 3.8) is 0 Å². The second-order valence-corrected chi connectivity index (χ2v) is 8.42. The number of carbonyl (C=O) groups excluding carboxylic acids is 1. The summed E-state index contributed by atoms with van der Waals surface area (Å²) in [7, 11) is 0. The van der Waals surface area contributed by atoms with E-state index in [1.807, 2.05) is 45.0 Å². The molecule has 0 fully saturated rings. The Hall–Kier alpha value is -2.19. The fraction of sp³-hybridized carbons (Fsp3) is 0.263. The van der Waals surface area contributed by atoms with Crippen molar-refractivity contribution in [1.82, 2.24) is 19.7 Å². The predicted molar refractivity (Wildman–Crippen MR) is 110 cm³/mol. The molecule has 6 nitrogen and oxygen atoms in total. The Kier molecular flexibility index (Phi) is 4.77. The first-order chi connectivity index (χ1) is 12.9. The number of carbonyl (C=O) groups is 1. The summed E-state index contributed by atoms with van der Waals surface area (Å²) in [5.41, 5.74) is 4.67. The highest BCUT2D eigenvalue weighted by molar-refractivity contribution is 9.10. The number of anilines is 1. The standard InChI is InChI=1S/C19H18BrN5OS/c1-10-8-11(2)22-19(21-10)25-18-16(12(3)24-25)17(27-9-15(26)23-18)13-6-4-5-7-14(13)20/h4-8,17H,9H2,1-3H3,(H,23,26). The van der Waals surface area contributed by atoms with Gasteiger partial charge in [-0.05, 0) is 38.5 Å². The molecule has 1 atom stereocenters. The van der Waals surface area contributed by atoms with Gasteiger partial charge in [0, 0.05) is 21.4 Å². The van der Waals surface area contributed by atoms with Crippen LogP contribution in [0, 0.1) is 20.8 Å². The monoisotopic (exact) mass is 443 g/mol. The predicted octanol–water partition coefficient (Wildman–Crippen LogP) is 4.12. The number of aromatic nitrogens is 4. The highest BCUT2D eigenvalue weighted by Crippen LogP contribution is 2.45. The van der Waals surface area contributed by atoms with Crippen molar-refractivity contribution in [3.8, 4) is 5.95 Å². The number of hydrogen-bond acceptors (Lipinski definition) is 5. The Labute approximate surface area is 169 Å². The number of fused-ring (bicyclic) bond motifs is 1. The number of nitrogens with zero attached hydrogens (tertiary/aromatic N) is 4. The molecule has 1 aliphatic heterocycles. The van der Waals surface area contributed by atoms with E-state index < -0.39 is 0 Å². The van der Waals surface area contributed by atoms with Crippen LogP contribution < -0.4 is 5.32 Å². The van der Waals surface area contributed by atoms with Crippen LogP contribution in [-0.2, 0) is 4.79 Å². The van der Waals surface area contributed by atoms with Crippen LogP contribution in [0.25, 0.3) is 5.95 Å². The van der Waals surface area contributed by atoms with Crippen LogP contribution in [0.4, 0.5) is 5.82 Å². The van der Waals surface area contributed by atoms with Gasteiger partial charge in [0.15, 0.2) is 0 Å².